The number of carbonyl (C=O) groups excluding carboxylic acids is 1. The van der Waals surface area contributed by atoms with Gasteiger partial charge in [0.2, 0.25) is 5.91 Å². The summed E-state index contributed by atoms with van der Waals surface area (Å²) in [5, 5.41) is 4.64. The first-order valence-corrected chi connectivity index (χ1v) is 8.37. The molecule has 2 rings (SSSR count). The highest BCUT2D eigenvalue weighted by molar-refractivity contribution is 5.76. The highest BCUT2D eigenvalue weighted by atomic mass is 16.2. The van der Waals surface area contributed by atoms with Crippen molar-refractivity contribution in [1.29, 1.82) is 0 Å². The molecule has 0 radical (unpaired) electrons. The van der Waals surface area contributed by atoms with Crippen LogP contribution in [0.25, 0.3) is 0 Å². The zero-order valence-corrected chi connectivity index (χ0v) is 14.7. The van der Waals surface area contributed by atoms with Crippen LogP contribution in [0, 0.1) is 19.8 Å². The Labute approximate surface area is 134 Å². The summed E-state index contributed by atoms with van der Waals surface area (Å²) in [4.78, 5) is 16.6. The van der Waals surface area contributed by atoms with E-state index in [-0.39, 0.29) is 5.91 Å². The number of aryl methyl sites for hydroxylation is 1. The topological polar surface area (TPSA) is 41.4 Å². The lowest BCUT2D eigenvalue weighted by molar-refractivity contribution is -0.132. The molecule has 0 atom stereocenters. The predicted octanol–water partition coefficient (Wildman–Crippen LogP) is 1.86. The van der Waals surface area contributed by atoms with Crippen LogP contribution in [0.2, 0.25) is 0 Å². The molecule has 2 heterocycles. The summed E-state index contributed by atoms with van der Waals surface area (Å²) in [7, 11) is 2.11. The van der Waals surface area contributed by atoms with E-state index in [1.807, 2.05) is 4.90 Å². The maximum atomic E-state index is 12.4. The third-order valence-corrected chi connectivity index (χ3v) is 4.51. The molecule has 0 aromatic carbocycles. The monoisotopic (exact) mass is 306 g/mol. The van der Waals surface area contributed by atoms with Gasteiger partial charge in [0.15, 0.2) is 0 Å². The van der Waals surface area contributed by atoms with E-state index in [1.54, 1.807) is 0 Å². The molecule has 1 aromatic heterocycles. The molecular formula is C17H30N4O. The Hall–Kier alpha value is -1.36. The number of hydrogen-bond donors (Lipinski definition) is 0. The number of aromatic nitrogens is 2. The van der Waals surface area contributed by atoms with Gasteiger partial charge in [-0.1, -0.05) is 13.8 Å². The van der Waals surface area contributed by atoms with Crippen molar-refractivity contribution in [2.24, 2.45) is 5.92 Å². The largest absolute Gasteiger partial charge is 0.340 e. The molecule has 0 saturated carbocycles. The molecule has 1 aliphatic heterocycles. The van der Waals surface area contributed by atoms with Crippen molar-refractivity contribution in [3.05, 3.63) is 17.0 Å². The molecule has 22 heavy (non-hydrogen) atoms. The van der Waals surface area contributed by atoms with Crippen LogP contribution in [-0.4, -0.2) is 58.7 Å². The summed E-state index contributed by atoms with van der Waals surface area (Å²) in [6.45, 7) is 13.2. The van der Waals surface area contributed by atoms with Gasteiger partial charge in [0, 0.05) is 44.8 Å². The van der Waals surface area contributed by atoms with Crippen LogP contribution in [0.3, 0.4) is 0 Å². The molecular weight excluding hydrogens is 276 g/mol. The van der Waals surface area contributed by atoms with Gasteiger partial charge in [-0.15, -0.1) is 0 Å². The Morgan fingerprint density at radius 1 is 1.18 bits per heavy atom. The van der Waals surface area contributed by atoms with Crippen LogP contribution < -0.4 is 0 Å². The fraction of sp³-hybridized carbons (Fsp3) is 0.765. The molecule has 5 nitrogen and oxygen atoms in total. The van der Waals surface area contributed by atoms with Gasteiger partial charge in [-0.3, -0.25) is 9.48 Å². The van der Waals surface area contributed by atoms with Gasteiger partial charge in [0.05, 0.1) is 5.69 Å². The van der Waals surface area contributed by atoms with Gasteiger partial charge in [0.25, 0.3) is 0 Å². The maximum absolute atomic E-state index is 12.4. The number of likely N-dealkylation sites (N-methyl/N-ethyl adjacent to an activating group) is 1. The van der Waals surface area contributed by atoms with E-state index in [4.69, 9.17) is 0 Å². The van der Waals surface area contributed by atoms with Crippen LogP contribution >= 0.6 is 0 Å². The molecule has 0 spiro atoms. The minimum Gasteiger partial charge on any atom is -0.340 e. The standard InChI is InChI=1S/C17H30N4O/c1-13(2)12-21-15(4)16(14(3)18-21)6-7-17(22)20-10-8-19(5)9-11-20/h13H,6-12H2,1-5H3. The Kier molecular flexibility index (Phi) is 5.62. The predicted molar refractivity (Wildman–Crippen MR) is 88.9 cm³/mol. The van der Waals surface area contributed by atoms with Gasteiger partial charge in [-0.25, -0.2) is 0 Å². The van der Waals surface area contributed by atoms with E-state index in [0.29, 0.717) is 12.3 Å². The molecule has 0 N–H and O–H groups in total. The number of nitrogens with zero attached hydrogens (tertiary/aromatic N) is 4. The van der Waals surface area contributed by atoms with Crippen LogP contribution in [0.4, 0.5) is 0 Å². The summed E-state index contributed by atoms with van der Waals surface area (Å²) in [5.41, 5.74) is 3.55. The smallest absolute Gasteiger partial charge is 0.222 e. The molecule has 1 aliphatic rings. The Morgan fingerprint density at radius 2 is 1.82 bits per heavy atom. The molecule has 1 aromatic rings. The van der Waals surface area contributed by atoms with Gasteiger partial charge >= 0.3 is 0 Å². The first-order chi connectivity index (χ1) is 10.4. The van der Waals surface area contributed by atoms with Crippen molar-refractivity contribution in [2.75, 3.05) is 33.2 Å². The normalized spacial score (nSPS) is 16.5. The maximum Gasteiger partial charge on any atom is 0.222 e. The molecule has 0 aliphatic carbocycles. The summed E-state index contributed by atoms with van der Waals surface area (Å²) in [6.07, 6.45) is 1.40. The first-order valence-electron chi connectivity index (χ1n) is 8.37. The van der Waals surface area contributed by atoms with Crippen LogP contribution in [-0.2, 0) is 17.8 Å². The van der Waals surface area contributed by atoms with Gasteiger partial charge < -0.3 is 9.80 Å². The van der Waals surface area contributed by atoms with Gasteiger partial charge in [-0.05, 0) is 38.8 Å². The summed E-state index contributed by atoms with van der Waals surface area (Å²) < 4.78 is 2.09. The molecule has 5 heteroatoms. The lowest BCUT2D eigenvalue weighted by atomic mass is 10.1. The second-order valence-electron chi connectivity index (χ2n) is 6.91. The van der Waals surface area contributed by atoms with Crippen molar-refractivity contribution in [3.8, 4) is 0 Å². The molecule has 0 unspecified atom stereocenters. The zero-order valence-electron chi connectivity index (χ0n) is 14.7. The Bertz CT molecular complexity index is 513. The third kappa shape index (κ3) is 4.09. The Morgan fingerprint density at radius 3 is 2.41 bits per heavy atom. The SMILES string of the molecule is Cc1nn(CC(C)C)c(C)c1CCC(=O)N1CCN(C)CC1. The summed E-state index contributed by atoms with van der Waals surface area (Å²) in [5.74, 6) is 0.862. The van der Waals surface area contributed by atoms with E-state index >= 15 is 0 Å². The van der Waals surface area contributed by atoms with Crippen LogP contribution in [0.15, 0.2) is 0 Å². The molecule has 1 saturated heterocycles. The average Bonchev–Trinajstić information content (AvgIpc) is 2.71. The quantitative estimate of drug-likeness (QED) is 0.834. The lowest BCUT2D eigenvalue weighted by Crippen LogP contribution is -2.47. The Balaban J connectivity index is 1.94. The van der Waals surface area contributed by atoms with Crippen molar-refractivity contribution in [1.82, 2.24) is 19.6 Å². The lowest BCUT2D eigenvalue weighted by Gasteiger charge is -2.32. The second kappa shape index (κ2) is 7.27. The van der Waals surface area contributed by atoms with E-state index < -0.39 is 0 Å². The highest BCUT2D eigenvalue weighted by Crippen LogP contribution is 2.17. The number of piperazine rings is 1. The highest BCUT2D eigenvalue weighted by Gasteiger charge is 2.20. The second-order valence-corrected chi connectivity index (χ2v) is 6.91. The number of amides is 1. The average molecular weight is 306 g/mol. The van der Waals surface area contributed by atoms with Gasteiger partial charge in [-0.2, -0.15) is 5.10 Å². The molecule has 124 valence electrons. The van der Waals surface area contributed by atoms with Crippen LogP contribution in [0.1, 0.15) is 37.2 Å². The van der Waals surface area contributed by atoms with E-state index in [9.17, 15) is 4.79 Å². The minimum absolute atomic E-state index is 0.281. The van der Waals surface area contributed by atoms with E-state index in [0.717, 1.165) is 44.8 Å². The fourth-order valence-electron chi connectivity index (χ4n) is 3.07. The molecule has 1 fully saturated rings. The zero-order chi connectivity index (χ0) is 16.3. The number of hydrogen-bond acceptors (Lipinski definition) is 3. The summed E-state index contributed by atoms with van der Waals surface area (Å²) >= 11 is 0. The van der Waals surface area contributed by atoms with Gasteiger partial charge in [0.1, 0.15) is 0 Å². The fourth-order valence-corrected chi connectivity index (χ4v) is 3.07. The first kappa shape index (κ1) is 17.0. The van der Waals surface area contributed by atoms with Crippen LogP contribution in [0.5, 0.6) is 0 Å². The minimum atomic E-state index is 0.281. The number of rotatable bonds is 5. The molecule has 0 bridgehead atoms. The summed E-state index contributed by atoms with van der Waals surface area (Å²) in [6, 6.07) is 0. The van der Waals surface area contributed by atoms with Crippen molar-refractivity contribution in [2.45, 2.75) is 47.1 Å². The third-order valence-electron chi connectivity index (χ3n) is 4.51. The van der Waals surface area contributed by atoms with Crippen molar-refractivity contribution < 1.29 is 4.79 Å². The van der Waals surface area contributed by atoms with Crippen molar-refractivity contribution in [3.63, 3.8) is 0 Å². The molecule has 1 amide bonds. The van der Waals surface area contributed by atoms with E-state index in [2.05, 4.69) is 49.4 Å². The van der Waals surface area contributed by atoms with Crippen molar-refractivity contribution >= 4 is 5.91 Å². The van der Waals surface area contributed by atoms with E-state index in [1.165, 1.54) is 11.3 Å². The number of carbonyl (C=O) groups is 1.